The van der Waals surface area contributed by atoms with Crippen molar-refractivity contribution in [2.45, 2.75) is 6.42 Å². The molecule has 0 atom stereocenters. The Morgan fingerprint density at radius 2 is 1.90 bits per heavy atom. The van der Waals surface area contributed by atoms with E-state index in [0.717, 1.165) is 49.7 Å². The number of phenols is 1. The van der Waals surface area contributed by atoms with E-state index in [0.29, 0.717) is 0 Å². The molecule has 2 N–H and O–H groups in total. The molecule has 3 rings (SSSR count). The summed E-state index contributed by atoms with van der Waals surface area (Å²) in [7, 11) is 0. The number of rotatable bonds is 2. The maximum atomic E-state index is 9.51. The lowest BCUT2D eigenvalue weighted by molar-refractivity contribution is 0.475. The first kappa shape index (κ1) is 12.9. The van der Waals surface area contributed by atoms with Gasteiger partial charge < -0.3 is 15.3 Å². The van der Waals surface area contributed by atoms with E-state index in [1.165, 1.54) is 0 Å². The summed E-state index contributed by atoms with van der Waals surface area (Å²) in [4.78, 5) is 11.1. The van der Waals surface area contributed by atoms with Crippen LogP contribution in [0.1, 0.15) is 6.42 Å². The van der Waals surface area contributed by atoms with E-state index in [4.69, 9.17) is 0 Å². The van der Waals surface area contributed by atoms with Crippen molar-refractivity contribution in [1.29, 1.82) is 0 Å². The van der Waals surface area contributed by atoms with E-state index in [9.17, 15) is 5.11 Å². The van der Waals surface area contributed by atoms with Crippen molar-refractivity contribution in [2.24, 2.45) is 0 Å². The smallest absolute Gasteiger partial charge is 0.225 e. The molecule has 0 radical (unpaired) electrons. The highest BCUT2D eigenvalue weighted by atomic mass is 16.3. The minimum Gasteiger partial charge on any atom is -0.508 e. The van der Waals surface area contributed by atoms with Crippen molar-refractivity contribution in [2.75, 3.05) is 31.1 Å². The van der Waals surface area contributed by atoms with Gasteiger partial charge in [-0.05, 0) is 30.7 Å². The highest BCUT2D eigenvalue weighted by Gasteiger charge is 2.12. The predicted molar refractivity (Wildman–Crippen MR) is 78.8 cm³/mol. The van der Waals surface area contributed by atoms with Gasteiger partial charge in [0.1, 0.15) is 5.75 Å². The number of nitrogens with one attached hydrogen (secondary N) is 1. The fourth-order valence-corrected chi connectivity index (χ4v) is 2.36. The van der Waals surface area contributed by atoms with Crippen molar-refractivity contribution >= 4 is 5.95 Å². The Morgan fingerprint density at radius 3 is 2.70 bits per heavy atom. The first-order valence-corrected chi connectivity index (χ1v) is 6.90. The molecule has 104 valence electrons. The second kappa shape index (κ2) is 5.88. The second-order valence-corrected chi connectivity index (χ2v) is 4.91. The molecule has 2 aromatic rings. The monoisotopic (exact) mass is 270 g/mol. The molecule has 0 spiro atoms. The average Bonchev–Trinajstić information content (AvgIpc) is 2.76. The van der Waals surface area contributed by atoms with Crippen LogP contribution in [0.4, 0.5) is 5.95 Å². The summed E-state index contributed by atoms with van der Waals surface area (Å²) in [6.45, 7) is 3.94. The molecular formula is C15H18N4O. The number of hydrogen-bond donors (Lipinski definition) is 2. The van der Waals surface area contributed by atoms with Crippen molar-refractivity contribution in [3.05, 3.63) is 36.7 Å². The maximum absolute atomic E-state index is 9.51. The number of benzene rings is 1. The molecule has 0 bridgehead atoms. The van der Waals surface area contributed by atoms with Crippen LogP contribution >= 0.6 is 0 Å². The summed E-state index contributed by atoms with van der Waals surface area (Å²) < 4.78 is 0. The number of anilines is 1. The molecule has 1 aliphatic rings. The van der Waals surface area contributed by atoms with Gasteiger partial charge in [-0.15, -0.1) is 0 Å². The predicted octanol–water partition coefficient (Wildman–Crippen LogP) is 1.65. The van der Waals surface area contributed by atoms with Crippen LogP contribution in [0, 0.1) is 0 Å². The van der Waals surface area contributed by atoms with Crippen LogP contribution in [0.2, 0.25) is 0 Å². The number of phenolic OH excluding ortho intramolecular Hbond substituents is 1. The number of hydrogen-bond acceptors (Lipinski definition) is 5. The van der Waals surface area contributed by atoms with Gasteiger partial charge in [-0.1, -0.05) is 12.1 Å². The summed E-state index contributed by atoms with van der Waals surface area (Å²) in [5.41, 5.74) is 1.84. The molecule has 1 saturated heterocycles. The third-order valence-corrected chi connectivity index (χ3v) is 3.44. The Kier molecular flexibility index (Phi) is 3.78. The van der Waals surface area contributed by atoms with Gasteiger partial charge in [-0.2, -0.15) is 0 Å². The van der Waals surface area contributed by atoms with Crippen LogP contribution < -0.4 is 10.2 Å². The van der Waals surface area contributed by atoms with E-state index in [1.807, 2.05) is 24.5 Å². The first-order chi connectivity index (χ1) is 9.83. The molecule has 0 aliphatic carbocycles. The number of aromatic nitrogens is 2. The van der Waals surface area contributed by atoms with Crippen LogP contribution in [-0.4, -0.2) is 41.3 Å². The lowest BCUT2D eigenvalue weighted by atomic mass is 10.1. The second-order valence-electron chi connectivity index (χ2n) is 4.91. The first-order valence-electron chi connectivity index (χ1n) is 6.90. The molecule has 5 heteroatoms. The summed E-state index contributed by atoms with van der Waals surface area (Å²) in [5.74, 6) is 1.03. The zero-order valence-electron chi connectivity index (χ0n) is 11.3. The van der Waals surface area contributed by atoms with E-state index >= 15 is 0 Å². The van der Waals surface area contributed by atoms with Crippen LogP contribution in [-0.2, 0) is 0 Å². The quantitative estimate of drug-likeness (QED) is 0.869. The Morgan fingerprint density at radius 1 is 1.05 bits per heavy atom. The Labute approximate surface area is 118 Å². The Balaban J connectivity index is 1.80. The Hall–Kier alpha value is -2.14. The van der Waals surface area contributed by atoms with E-state index < -0.39 is 0 Å². The summed E-state index contributed by atoms with van der Waals surface area (Å²) in [5, 5.41) is 12.9. The average molecular weight is 270 g/mol. The van der Waals surface area contributed by atoms with Gasteiger partial charge in [0.2, 0.25) is 5.95 Å². The SMILES string of the molecule is Oc1cccc(-c2cnc(N3CCCNCC3)nc2)c1. The van der Waals surface area contributed by atoms with Gasteiger partial charge in [-0.25, -0.2) is 9.97 Å². The van der Waals surface area contributed by atoms with E-state index in [1.54, 1.807) is 12.1 Å². The van der Waals surface area contributed by atoms with E-state index in [-0.39, 0.29) is 5.75 Å². The molecule has 0 amide bonds. The fraction of sp³-hybridized carbons (Fsp3) is 0.333. The molecule has 1 fully saturated rings. The lowest BCUT2D eigenvalue weighted by Gasteiger charge is -2.19. The third-order valence-electron chi connectivity index (χ3n) is 3.44. The summed E-state index contributed by atoms with van der Waals surface area (Å²) >= 11 is 0. The topological polar surface area (TPSA) is 61.3 Å². The van der Waals surface area contributed by atoms with Crippen molar-refractivity contribution < 1.29 is 5.11 Å². The molecule has 2 heterocycles. The Bertz CT molecular complexity index is 562. The lowest BCUT2D eigenvalue weighted by Crippen LogP contribution is -2.29. The molecule has 5 nitrogen and oxygen atoms in total. The van der Waals surface area contributed by atoms with Crippen molar-refractivity contribution in [3.63, 3.8) is 0 Å². The highest BCUT2D eigenvalue weighted by Crippen LogP contribution is 2.22. The van der Waals surface area contributed by atoms with Crippen LogP contribution in [0.25, 0.3) is 11.1 Å². The largest absolute Gasteiger partial charge is 0.508 e. The van der Waals surface area contributed by atoms with Gasteiger partial charge in [0, 0.05) is 37.6 Å². The molecule has 0 saturated carbocycles. The van der Waals surface area contributed by atoms with Gasteiger partial charge >= 0.3 is 0 Å². The van der Waals surface area contributed by atoms with Gasteiger partial charge in [0.15, 0.2) is 0 Å². The molecule has 1 aliphatic heterocycles. The third kappa shape index (κ3) is 2.88. The standard InChI is InChI=1S/C15H18N4O/c20-14-4-1-3-12(9-14)13-10-17-15(18-11-13)19-7-2-5-16-6-8-19/h1,3-4,9-11,16,20H,2,5-8H2. The van der Waals surface area contributed by atoms with Crippen LogP contribution in [0.3, 0.4) is 0 Å². The summed E-state index contributed by atoms with van der Waals surface area (Å²) in [6, 6.07) is 7.13. The number of aromatic hydroxyl groups is 1. The summed E-state index contributed by atoms with van der Waals surface area (Å²) in [6.07, 6.45) is 4.74. The minimum absolute atomic E-state index is 0.255. The fourth-order valence-electron chi connectivity index (χ4n) is 2.36. The molecular weight excluding hydrogens is 252 g/mol. The normalized spacial score (nSPS) is 15.9. The zero-order chi connectivity index (χ0) is 13.8. The van der Waals surface area contributed by atoms with Crippen LogP contribution in [0.5, 0.6) is 5.75 Å². The molecule has 1 aromatic carbocycles. The molecule has 20 heavy (non-hydrogen) atoms. The van der Waals surface area contributed by atoms with Crippen molar-refractivity contribution in [1.82, 2.24) is 15.3 Å². The van der Waals surface area contributed by atoms with Crippen molar-refractivity contribution in [3.8, 4) is 16.9 Å². The maximum Gasteiger partial charge on any atom is 0.225 e. The minimum atomic E-state index is 0.255. The highest BCUT2D eigenvalue weighted by molar-refractivity contribution is 5.63. The number of nitrogens with zero attached hydrogens (tertiary/aromatic N) is 3. The van der Waals surface area contributed by atoms with E-state index in [2.05, 4.69) is 20.2 Å². The van der Waals surface area contributed by atoms with Crippen LogP contribution in [0.15, 0.2) is 36.7 Å². The molecule has 0 unspecified atom stereocenters. The zero-order valence-corrected chi connectivity index (χ0v) is 11.3. The van der Waals surface area contributed by atoms with Gasteiger partial charge in [0.05, 0.1) is 0 Å². The van der Waals surface area contributed by atoms with Gasteiger partial charge in [-0.3, -0.25) is 0 Å². The molecule has 1 aromatic heterocycles. The van der Waals surface area contributed by atoms with Gasteiger partial charge in [0.25, 0.3) is 0 Å².